The minimum absolute atomic E-state index is 0.335. The highest BCUT2D eigenvalue weighted by Crippen LogP contribution is 2.12. The molecule has 0 aliphatic rings. The first kappa shape index (κ1) is 17.5. The number of anilines is 1. The maximum Gasteiger partial charge on any atom is 0.420 e. The second kappa shape index (κ2) is 7.26. The summed E-state index contributed by atoms with van der Waals surface area (Å²) in [6.07, 6.45) is -1.00. The zero-order valence-electron chi connectivity index (χ0n) is 14.4. The largest absolute Gasteiger partial charge is 0.451 e. The average molecular weight is 354 g/mol. The van der Waals surface area contributed by atoms with E-state index in [1.54, 1.807) is 36.4 Å². The van der Waals surface area contributed by atoms with E-state index in [4.69, 9.17) is 9.15 Å². The molecule has 0 saturated carbocycles. The smallest absolute Gasteiger partial charge is 0.420 e. The number of rotatable bonds is 5. The van der Waals surface area contributed by atoms with E-state index < -0.39 is 23.7 Å². The van der Waals surface area contributed by atoms with E-state index >= 15 is 0 Å². The number of nitrogens with one attached hydrogen (secondary N) is 1. The maximum atomic E-state index is 12.1. The first-order valence-corrected chi connectivity index (χ1v) is 8.09. The van der Waals surface area contributed by atoms with E-state index in [1.165, 1.54) is 11.5 Å². The number of aryl methyl sites for hydroxylation is 1. The molecule has 0 aliphatic carbocycles. The molecule has 3 aromatic rings. The molecule has 0 spiro atoms. The minimum atomic E-state index is -1.00. The van der Waals surface area contributed by atoms with Crippen LogP contribution < -0.4 is 11.1 Å². The molecule has 0 unspecified atom stereocenters. The van der Waals surface area contributed by atoms with Crippen LogP contribution >= 0.6 is 0 Å². The Morgan fingerprint density at radius 3 is 2.58 bits per heavy atom. The van der Waals surface area contributed by atoms with Crippen molar-refractivity contribution in [2.45, 2.75) is 26.5 Å². The highest BCUT2D eigenvalue weighted by atomic mass is 16.5. The van der Waals surface area contributed by atoms with E-state index in [0.29, 0.717) is 16.8 Å². The van der Waals surface area contributed by atoms with Crippen molar-refractivity contribution in [3.63, 3.8) is 0 Å². The lowest BCUT2D eigenvalue weighted by atomic mass is 10.2. The van der Waals surface area contributed by atoms with Gasteiger partial charge in [0, 0.05) is 5.69 Å². The fraction of sp³-hybridized carbons (Fsp3) is 0.211. The molecule has 0 aliphatic heterocycles. The molecule has 0 bridgehead atoms. The summed E-state index contributed by atoms with van der Waals surface area (Å²) in [5, 5.41) is 2.67. The van der Waals surface area contributed by atoms with Crippen molar-refractivity contribution < 1.29 is 18.7 Å². The number of esters is 1. The van der Waals surface area contributed by atoms with Gasteiger partial charge in [-0.3, -0.25) is 14.2 Å². The summed E-state index contributed by atoms with van der Waals surface area (Å²) >= 11 is 0. The van der Waals surface area contributed by atoms with Crippen LogP contribution in [0.4, 0.5) is 5.69 Å². The standard InChI is InChI=1S/C19H18N2O5/c1-12-7-9-14(10-8-12)20-18(23)13(2)25-17(22)11-21-15-5-3-4-6-16(15)26-19(21)24/h3-10,13H,11H2,1-2H3,(H,20,23)/t13-/m0/s1. The second-order valence-corrected chi connectivity index (χ2v) is 5.91. The lowest BCUT2D eigenvalue weighted by Gasteiger charge is -2.13. The third kappa shape index (κ3) is 3.83. The highest BCUT2D eigenvalue weighted by Gasteiger charge is 2.20. The number of ether oxygens (including phenoxy) is 1. The summed E-state index contributed by atoms with van der Waals surface area (Å²) in [5.41, 5.74) is 2.56. The summed E-state index contributed by atoms with van der Waals surface area (Å²) in [7, 11) is 0. The van der Waals surface area contributed by atoms with Gasteiger partial charge in [-0.25, -0.2) is 4.79 Å². The summed E-state index contributed by atoms with van der Waals surface area (Å²) in [6, 6.07) is 14.0. The van der Waals surface area contributed by atoms with Gasteiger partial charge in [0.15, 0.2) is 11.7 Å². The van der Waals surface area contributed by atoms with Crippen molar-refractivity contribution in [3.05, 3.63) is 64.6 Å². The Morgan fingerprint density at radius 2 is 1.85 bits per heavy atom. The van der Waals surface area contributed by atoms with Crippen molar-refractivity contribution in [2.24, 2.45) is 0 Å². The monoisotopic (exact) mass is 354 g/mol. The lowest BCUT2D eigenvalue weighted by molar-refractivity contribution is -0.153. The molecule has 3 rings (SSSR count). The third-order valence-electron chi connectivity index (χ3n) is 3.86. The Morgan fingerprint density at radius 1 is 1.15 bits per heavy atom. The van der Waals surface area contributed by atoms with Gasteiger partial charge in [0.2, 0.25) is 0 Å². The van der Waals surface area contributed by atoms with Gasteiger partial charge in [-0.2, -0.15) is 0 Å². The van der Waals surface area contributed by atoms with Gasteiger partial charge in [-0.05, 0) is 38.1 Å². The lowest BCUT2D eigenvalue weighted by Crippen LogP contribution is -2.32. The Hall–Kier alpha value is -3.35. The number of carbonyl (C=O) groups excluding carboxylic acids is 2. The van der Waals surface area contributed by atoms with E-state index in [2.05, 4.69) is 5.32 Å². The first-order valence-electron chi connectivity index (χ1n) is 8.09. The molecule has 134 valence electrons. The quantitative estimate of drug-likeness (QED) is 0.711. The number of carbonyl (C=O) groups is 2. The van der Waals surface area contributed by atoms with Gasteiger partial charge in [0.05, 0.1) is 5.52 Å². The third-order valence-corrected chi connectivity index (χ3v) is 3.86. The Balaban J connectivity index is 1.63. The summed E-state index contributed by atoms with van der Waals surface area (Å²) in [5.74, 6) is -1.81. The van der Waals surface area contributed by atoms with Crippen LogP contribution in [0.2, 0.25) is 0 Å². The van der Waals surface area contributed by atoms with Crippen LogP contribution in [0.3, 0.4) is 0 Å². The Bertz CT molecular complexity index is 1000. The molecule has 0 radical (unpaired) electrons. The summed E-state index contributed by atoms with van der Waals surface area (Å²) in [4.78, 5) is 36.1. The van der Waals surface area contributed by atoms with Crippen molar-refractivity contribution >= 4 is 28.7 Å². The van der Waals surface area contributed by atoms with Crippen LogP contribution in [0.15, 0.2) is 57.7 Å². The predicted molar refractivity (Wildman–Crippen MR) is 95.8 cm³/mol. The normalized spacial score (nSPS) is 11.9. The van der Waals surface area contributed by atoms with Crippen LogP contribution in [-0.2, 0) is 20.9 Å². The minimum Gasteiger partial charge on any atom is -0.451 e. The van der Waals surface area contributed by atoms with Gasteiger partial charge >= 0.3 is 11.7 Å². The molecule has 7 heteroatoms. The Kier molecular flexibility index (Phi) is 4.88. The summed E-state index contributed by atoms with van der Waals surface area (Å²) in [6.45, 7) is 3.08. The number of para-hydroxylation sites is 2. The molecule has 2 aromatic carbocycles. The van der Waals surface area contributed by atoms with Crippen molar-refractivity contribution in [1.29, 1.82) is 0 Å². The van der Waals surface area contributed by atoms with Crippen LogP contribution in [0, 0.1) is 6.92 Å². The van der Waals surface area contributed by atoms with Gasteiger partial charge in [-0.15, -0.1) is 0 Å². The number of aromatic nitrogens is 1. The van der Waals surface area contributed by atoms with Crippen molar-refractivity contribution in [3.8, 4) is 0 Å². The number of amides is 1. The average Bonchev–Trinajstić information content (AvgIpc) is 2.92. The van der Waals surface area contributed by atoms with Gasteiger partial charge < -0.3 is 14.5 Å². The molecular weight excluding hydrogens is 336 g/mol. The number of fused-ring (bicyclic) bond motifs is 1. The SMILES string of the molecule is Cc1ccc(NC(=O)[C@H](C)OC(=O)Cn2c(=O)oc3ccccc32)cc1. The number of hydrogen-bond donors (Lipinski definition) is 1. The topological polar surface area (TPSA) is 90.5 Å². The zero-order chi connectivity index (χ0) is 18.7. The first-order chi connectivity index (χ1) is 12.4. The van der Waals surface area contributed by atoms with Gasteiger partial charge in [0.1, 0.15) is 6.54 Å². The van der Waals surface area contributed by atoms with E-state index in [-0.39, 0.29) is 6.54 Å². The van der Waals surface area contributed by atoms with Crippen LogP contribution in [0.1, 0.15) is 12.5 Å². The van der Waals surface area contributed by atoms with Crippen LogP contribution in [0.5, 0.6) is 0 Å². The predicted octanol–water partition coefficient (Wildman–Crippen LogP) is 2.47. The van der Waals surface area contributed by atoms with Crippen LogP contribution in [0.25, 0.3) is 11.1 Å². The number of hydrogen-bond acceptors (Lipinski definition) is 5. The molecule has 0 saturated heterocycles. The molecule has 7 nitrogen and oxygen atoms in total. The van der Waals surface area contributed by atoms with Gasteiger partial charge in [-0.1, -0.05) is 29.8 Å². The summed E-state index contributed by atoms with van der Waals surface area (Å²) < 4.78 is 11.4. The molecule has 1 amide bonds. The van der Waals surface area contributed by atoms with Crippen LogP contribution in [-0.4, -0.2) is 22.5 Å². The zero-order valence-corrected chi connectivity index (χ0v) is 14.4. The molecule has 1 atom stereocenters. The highest BCUT2D eigenvalue weighted by molar-refractivity contribution is 5.95. The van der Waals surface area contributed by atoms with E-state index in [1.807, 2.05) is 19.1 Å². The van der Waals surface area contributed by atoms with Gasteiger partial charge in [0.25, 0.3) is 5.91 Å². The number of benzene rings is 2. The molecular formula is C19H18N2O5. The van der Waals surface area contributed by atoms with E-state index in [0.717, 1.165) is 5.56 Å². The number of nitrogens with zero attached hydrogens (tertiary/aromatic N) is 1. The Labute approximate surface area is 149 Å². The molecule has 1 aromatic heterocycles. The molecule has 1 N–H and O–H groups in total. The van der Waals surface area contributed by atoms with Crippen molar-refractivity contribution in [1.82, 2.24) is 4.57 Å². The number of oxazole rings is 1. The van der Waals surface area contributed by atoms with E-state index in [9.17, 15) is 14.4 Å². The maximum absolute atomic E-state index is 12.1. The molecule has 1 heterocycles. The van der Waals surface area contributed by atoms with Crippen molar-refractivity contribution in [2.75, 3.05) is 5.32 Å². The molecule has 0 fully saturated rings. The fourth-order valence-corrected chi connectivity index (χ4v) is 2.46. The molecule has 26 heavy (non-hydrogen) atoms. The second-order valence-electron chi connectivity index (χ2n) is 5.91. The fourth-order valence-electron chi connectivity index (χ4n) is 2.46.